The minimum Gasteiger partial charge on any atom is -0.444 e. The summed E-state index contributed by atoms with van der Waals surface area (Å²) in [4.78, 5) is 70.6. The minimum absolute atomic E-state index is 0.152. The SMILES string of the molecule is CC(C)(C)OC(=O)N[C@@H](Cc1c[nH]c2ccccc12)C(=O)N[C@H]1CC[C@@H]2SC[C@@H](C(=O)N[C@H](Cc3ccccc3)C(N)=O)N2C1=O. The molecule has 3 heterocycles. The van der Waals surface area contributed by atoms with Crippen LogP contribution < -0.4 is 21.7 Å². The number of ether oxygens (including phenoxy) is 1. The van der Waals surface area contributed by atoms with Crippen molar-refractivity contribution in [2.75, 3.05) is 5.75 Å². The number of benzene rings is 2. The van der Waals surface area contributed by atoms with Crippen molar-refractivity contribution in [3.05, 3.63) is 71.9 Å². The maximum atomic E-state index is 13.8. The number of primary amides is 1. The fraction of sp³-hybridized carbons (Fsp3) is 0.424. The maximum absolute atomic E-state index is 13.8. The fourth-order valence-corrected chi connectivity index (χ4v) is 7.25. The number of thioether (sulfide) groups is 1. The number of hydrogen-bond acceptors (Lipinski definition) is 7. The molecular formula is C33H40N6O6S. The van der Waals surface area contributed by atoms with Crippen molar-refractivity contribution >= 4 is 52.4 Å². The van der Waals surface area contributed by atoms with E-state index in [4.69, 9.17) is 10.5 Å². The topological polar surface area (TPSA) is 176 Å². The number of aromatic nitrogens is 1. The summed E-state index contributed by atoms with van der Waals surface area (Å²) in [6.45, 7) is 5.19. The van der Waals surface area contributed by atoms with Gasteiger partial charge < -0.3 is 36.3 Å². The lowest BCUT2D eigenvalue weighted by atomic mass is 10.00. The number of rotatable bonds is 10. The van der Waals surface area contributed by atoms with E-state index in [-0.39, 0.29) is 18.2 Å². The quantitative estimate of drug-likeness (QED) is 0.224. The summed E-state index contributed by atoms with van der Waals surface area (Å²) in [5.41, 5.74) is 7.38. The average molecular weight is 649 g/mol. The van der Waals surface area contributed by atoms with Gasteiger partial charge in [-0.05, 0) is 50.8 Å². The van der Waals surface area contributed by atoms with Gasteiger partial charge in [-0.1, -0.05) is 48.5 Å². The highest BCUT2D eigenvalue weighted by atomic mass is 32.2. The Morgan fingerprint density at radius 2 is 1.72 bits per heavy atom. The van der Waals surface area contributed by atoms with E-state index >= 15 is 0 Å². The molecule has 5 atom stereocenters. The number of alkyl carbamates (subject to hydrolysis) is 1. The number of aromatic amines is 1. The Morgan fingerprint density at radius 3 is 2.43 bits per heavy atom. The molecule has 3 aromatic rings. The first-order chi connectivity index (χ1) is 21.9. The van der Waals surface area contributed by atoms with Crippen molar-refractivity contribution in [3.63, 3.8) is 0 Å². The van der Waals surface area contributed by atoms with E-state index in [0.29, 0.717) is 18.6 Å². The summed E-state index contributed by atoms with van der Waals surface area (Å²) in [6, 6.07) is 13.1. The normalized spacial score (nSPS) is 20.8. The second-order valence-electron chi connectivity index (χ2n) is 12.6. The molecule has 5 amide bonds. The molecule has 0 spiro atoms. The van der Waals surface area contributed by atoms with Crippen molar-refractivity contribution < 1.29 is 28.7 Å². The van der Waals surface area contributed by atoms with E-state index < -0.39 is 59.5 Å². The Morgan fingerprint density at radius 1 is 1.00 bits per heavy atom. The van der Waals surface area contributed by atoms with Crippen LogP contribution in [0.2, 0.25) is 0 Å². The minimum atomic E-state index is -1.04. The molecule has 0 unspecified atom stereocenters. The summed E-state index contributed by atoms with van der Waals surface area (Å²) in [6.07, 6.45) is 2.34. The summed E-state index contributed by atoms with van der Waals surface area (Å²) in [7, 11) is 0. The van der Waals surface area contributed by atoms with Crippen LogP contribution in [0.3, 0.4) is 0 Å². The molecule has 6 N–H and O–H groups in total. The van der Waals surface area contributed by atoms with Gasteiger partial charge in [0.15, 0.2) is 0 Å². The van der Waals surface area contributed by atoms with Crippen LogP contribution in [-0.4, -0.2) is 80.5 Å². The molecule has 2 aromatic carbocycles. The second-order valence-corrected chi connectivity index (χ2v) is 13.8. The van der Waals surface area contributed by atoms with Gasteiger partial charge in [-0.25, -0.2) is 4.79 Å². The predicted octanol–water partition coefficient (Wildman–Crippen LogP) is 2.37. The standard InChI is InChI=1S/C33H40N6O6S/c1-33(2,3)45-32(44)38-25(16-20-17-35-22-12-8-7-11-21(20)22)29(41)36-23-13-14-27-39(31(23)43)26(18-46-27)30(42)37-24(28(34)40)15-19-9-5-4-6-10-19/h4-12,17,23-27,35H,13-16,18H2,1-3H3,(H2,34,40)(H,36,41)(H,37,42)(H,38,44)/t23-,24+,25-,26-,27-/m0/s1. The lowest BCUT2D eigenvalue weighted by Gasteiger charge is -2.37. The summed E-state index contributed by atoms with van der Waals surface area (Å²) in [5, 5.41) is 8.93. The van der Waals surface area contributed by atoms with Crippen molar-refractivity contribution in [2.45, 2.75) is 81.6 Å². The number of carbonyl (C=O) groups excluding carboxylic acids is 5. The zero-order valence-electron chi connectivity index (χ0n) is 26.1. The number of amides is 5. The highest BCUT2D eigenvalue weighted by Gasteiger charge is 2.47. The van der Waals surface area contributed by atoms with Gasteiger partial charge in [0.2, 0.25) is 23.6 Å². The van der Waals surface area contributed by atoms with Crippen molar-refractivity contribution in [1.29, 1.82) is 0 Å². The number of nitrogens with zero attached hydrogens (tertiary/aromatic N) is 1. The van der Waals surface area contributed by atoms with Crippen LogP contribution in [-0.2, 0) is 36.8 Å². The average Bonchev–Trinajstić information content (AvgIpc) is 3.62. The third-order valence-corrected chi connectivity index (χ3v) is 9.37. The van der Waals surface area contributed by atoms with Crippen molar-refractivity contribution in [2.24, 2.45) is 5.73 Å². The van der Waals surface area contributed by atoms with Crippen molar-refractivity contribution in [3.8, 4) is 0 Å². The molecule has 0 aliphatic carbocycles. The lowest BCUT2D eigenvalue weighted by Crippen LogP contribution is -2.62. The molecule has 0 saturated carbocycles. The highest BCUT2D eigenvalue weighted by Crippen LogP contribution is 2.36. The molecule has 13 heteroatoms. The number of nitrogens with two attached hydrogens (primary N) is 1. The first-order valence-electron chi connectivity index (χ1n) is 15.3. The smallest absolute Gasteiger partial charge is 0.408 e. The zero-order valence-corrected chi connectivity index (χ0v) is 26.9. The number of H-pyrrole nitrogens is 1. The molecule has 2 aliphatic rings. The van der Waals surface area contributed by atoms with Crippen LogP contribution >= 0.6 is 11.8 Å². The Hall–Kier alpha value is -4.52. The molecule has 12 nitrogen and oxygen atoms in total. The van der Waals surface area contributed by atoms with E-state index in [0.717, 1.165) is 22.0 Å². The number of para-hydroxylation sites is 1. The Labute approximate surface area is 271 Å². The summed E-state index contributed by atoms with van der Waals surface area (Å²) >= 11 is 1.49. The van der Waals surface area contributed by atoms with Crippen LogP contribution in [0, 0.1) is 0 Å². The predicted molar refractivity (Wildman–Crippen MR) is 174 cm³/mol. The van der Waals surface area contributed by atoms with Crippen LogP contribution in [0.1, 0.15) is 44.7 Å². The number of piperidine rings is 1. The van der Waals surface area contributed by atoms with Gasteiger partial charge in [0.1, 0.15) is 29.8 Å². The van der Waals surface area contributed by atoms with Gasteiger partial charge in [0.25, 0.3) is 0 Å². The Balaban J connectivity index is 1.28. The number of hydrogen-bond donors (Lipinski definition) is 5. The summed E-state index contributed by atoms with van der Waals surface area (Å²) in [5.74, 6) is -1.73. The molecule has 0 radical (unpaired) electrons. The van der Waals surface area contributed by atoms with Crippen LogP contribution in [0.4, 0.5) is 4.79 Å². The van der Waals surface area contributed by atoms with E-state index in [1.807, 2.05) is 54.6 Å². The lowest BCUT2D eigenvalue weighted by molar-refractivity contribution is -0.145. The monoisotopic (exact) mass is 648 g/mol. The molecule has 46 heavy (non-hydrogen) atoms. The van der Waals surface area contributed by atoms with E-state index in [2.05, 4.69) is 20.9 Å². The van der Waals surface area contributed by atoms with Gasteiger partial charge in [-0.3, -0.25) is 19.2 Å². The summed E-state index contributed by atoms with van der Waals surface area (Å²) < 4.78 is 5.43. The zero-order chi connectivity index (χ0) is 33.0. The first kappa shape index (κ1) is 32.9. The molecule has 0 bridgehead atoms. The van der Waals surface area contributed by atoms with Gasteiger partial charge in [0, 0.05) is 35.7 Å². The molecule has 5 rings (SSSR count). The molecule has 1 aromatic heterocycles. The van der Waals surface area contributed by atoms with E-state index in [1.54, 1.807) is 27.0 Å². The van der Waals surface area contributed by atoms with Gasteiger partial charge >= 0.3 is 6.09 Å². The van der Waals surface area contributed by atoms with Gasteiger partial charge in [-0.15, -0.1) is 11.8 Å². The molecule has 2 saturated heterocycles. The largest absolute Gasteiger partial charge is 0.444 e. The Kier molecular flexibility index (Phi) is 9.90. The van der Waals surface area contributed by atoms with Crippen LogP contribution in [0.5, 0.6) is 0 Å². The third kappa shape index (κ3) is 7.82. The van der Waals surface area contributed by atoms with Gasteiger partial charge in [-0.2, -0.15) is 0 Å². The molecular weight excluding hydrogens is 608 g/mol. The van der Waals surface area contributed by atoms with Crippen molar-refractivity contribution in [1.82, 2.24) is 25.8 Å². The highest BCUT2D eigenvalue weighted by molar-refractivity contribution is 8.00. The maximum Gasteiger partial charge on any atom is 0.408 e. The second kappa shape index (κ2) is 13.9. The van der Waals surface area contributed by atoms with Gasteiger partial charge in [0.05, 0.1) is 5.37 Å². The number of carbonyl (C=O) groups is 5. The third-order valence-electron chi connectivity index (χ3n) is 8.02. The Bertz CT molecular complexity index is 1600. The molecule has 2 aliphatic heterocycles. The van der Waals surface area contributed by atoms with E-state index in [9.17, 15) is 24.0 Å². The fourth-order valence-electron chi connectivity index (χ4n) is 5.82. The van der Waals surface area contributed by atoms with Crippen LogP contribution in [0.15, 0.2) is 60.8 Å². The van der Waals surface area contributed by atoms with E-state index in [1.165, 1.54) is 16.7 Å². The molecule has 244 valence electrons. The first-order valence-corrected chi connectivity index (χ1v) is 16.4. The molecule has 2 fully saturated rings. The number of fused-ring (bicyclic) bond motifs is 2. The van der Waals surface area contributed by atoms with Crippen LogP contribution in [0.25, 0.3) is 10.9 Å². The number of nitrogens with one attached hydrogen (secondary N) is 4.